The number of nitrogens with zero attached hydrogens (tertiary/aromatic N) is 2. The standard InChI is InChI=1S/C11H17BrN4O3/c1-6(2)9(10(13)18)15-7-5-14-16(3-4-17)11(19)8(7)12/h5-6,9,15,17H,3-4H2,1-2H3,(H2,13,18). The lowest BCUT2D eigenvalue weighted by molar-refractivity contribution is -0.119. The zero-order chi connectivity index (χ0) is 14.6. The van der Waals surface area contributed by atoms with E-state index in [9.17, 15) is 9.59 Å². The van der Waals surface area contributed by atoms with Crippen molar-refractivity contribution < 1.29 is 9.90 Å². The Morgan fingerprint density at radius 3 is 2.74 bits per heavy atom. The van der Waals surface area contributed by atoms with Crippen molar-refractivity contribution in [2.75, 3.05) is 11.9 Å². The third kappa shape index (κ3) is 3.77. The van der Waals surface area contributed by atoms with Crippen LogP contribution in [0.3, 0.4) is 0 Å². The Labute approximate surface area is 118 Å². The molecule has 7 nitrogen and oxygen atoms in total. The molecular weight excluding hydrogens is 316 g/mol. The Balaban J connectivity index is 3.06. The van der Waals surface area contributed by atoms with E-state index in [0.29, 0.717) is 5.69 Å². The molecule has 0 aromatic carbocycles. The molecule has 1 aromatic rings. The maximum atomic E-state index is 11.9. The molecule has 1 atom stereocenters. The summed E-state index contributed by atoms with van der Waals surface area (Å²) in [4.78, 5) is 23.2. The highest BCUT2D eigenvalue weighted by Crippen LogP contribution is 2.19. The van der Waals surface area contributed by atoms with Crippen molar-refractivity contribution in [2.45, 2.75) is 26.4 Å². The van der Waals surface area contributed by atoms with E-state index in [2.05, 4.69) is 26.3 Å². The van der Waals surface area contributed by atoms with Crippen LogP contribution in [-0.2, 0) is 11.3 Å². The topological polar surface area (TPSA) is 110 Å². The van der Waals surface area contributed by atoms with Crippen LogP contribution in [-0.4, -0.2) is 33.4 Å². The summed E-state index contributed by atoms with van der Waals surface area (Å²) in [6.45, 7) is 3.62. The van der Waals surface area contributed by atoms with Gasteiger partial charge in [0.1, 0.15) is 10.5 Å². The molecule has 0 saturated heterocycles. The van der Waals surface area contributed by atoms with Crippen molar-refractivity contribution in [3.8, 4) is 0 Å². The first-order valence-electron chi connectivity index (χ1n) is 5.80. The van der Waals surface area contributed by atoms with Gasteiger partial charge in [0.05, 0.1) is 25.0 Å². The Morgan fingerprint density at radius 1 is 1.63 bits per heavy atom. The summed E-state index contributed by atoms with van der Waals surface area (Å²) in [6, 6.07) is -0.591. The van der Waals surface area contributed by atoms with Gasteiger partial charge in [0, 0.05) is 0 Å². The van der Waals surface area contributed by atoms with Gasteiger partial charge in [0.15, 0.2) is 0 Å². The first kappa shape index (κ1) is 15.6. The van der Waals surface area contributed by atoms with Crippen LogP contribution in [0.25, 0.3) is 0 Å². The fraction of sp³-hybridized carbons (Fsp3) is 0.545. The second-order valence-corrected chi connectivity index (χ2v) is 5.19. The molecule has 1 heterocycles. The Hall–Kier alpha value is -1.41. The van der Waals surface area contributed by atoms with Crippen LogP contribution in [0.5, 0.6) is 0 Å². The molecule has 0 radical (unpaired) electrons. The predicted octanol–water partition coefficient (Wildman–Crippen LogP) is -0.0801. The van der Waals surface area contributed by atoms with Gasteiger partial charge in [-0.05, 0) is 21.8 Å². The predicted molar refractivity (Wildman–Crippen MR) is 74.7 cm³/mol. The Morgan fingerprint density at radius 2 is 2.26 bits per heavy atom. The van der Waals surface area contributed by atoms with Crippen LogP contribution >= 0.6 is 15.9 Å². The molecule has 0 saturated carbocycles. The first-order chi connectivity index (χ1) is 8.88. The average Bonchev–Trinajstić information content (AvgIpc) is 2.33. The average molecular weight is 333 g/mol. The van der Waals surface area contributed by atoms with E-state index in [0.717, 1.165) is 4.68 Å². The molecule has 0 aliphatic heterocycles. The van der Waals surface area contributed by atoms with Crippen molar-refractivity contribution >= 4 is 27.5 Å². The number of aromatic nitrogens is 2. The van der Waals surface area contributed by atoms with Crippen molar-refractivity contribution in [2.24, 2.45) is 11.7 Å². The number of nitrogens with two attached hydrogens (primary N) is 1. The second-order valence-electron chi connectivity index (χ2n) is 4.39. The fourth-order valence-corrected chi connectivity index (χ4v) is 1.98. The number of hydrogen-bond donors (Lipinski definition) is 3. The minimum Gasteiger partial charge on any atom is -0.394 e. The second kappa shape index (κ2) is 6.67. The number of aliphatic hydroxyl groups excluding tert-OH is 1. The zero-order valence-electron chi connectivity index (χ0n) is 10.8. The maximum Gasteiger partial charge on any atom is 0.283 e. The highest BCUT2D eigenvalue weighted by Gasteiger charge is 2.21. The highest BCUT2D eigenvalue weighted by atomic mass is 79.9. The van der Waals surface area contributed by atoms with E-state index in [1.54, 1.807) is 0 Å². The number of carbonyl (C=O) groups excluding carboxylic acids is 1. The van der Waals surface area contributed by atoms with Gasteiger partial charge in [-0.15, -0.1) is 0 Å². The van der Waals surface area contributed by atoms with Gasteiger partial charge >= 0.3 is 0 Å². The minimum atomic E-state index is -0.591. The van der Waals surface area contributed by atoms with Crippen molar-refractivity contribution in [1.82, 2.24) is 9.78 Å². The molecule has 1 aromatic heterocycles. The van der Waals surface area contributed by atoms with Crippen LogP contribution < -0.4 is 16.6 Å². The number of halogens is 1. The van der Waals surface area contributed by atoms with E-state index >= 15 is 0 Å². The normalized spacial score (nSPS) is 12.5. The summed E-state index contributed by atoms with van der Waals surface area (Å²) in [5.41, 5.74) is 5.31. The fourth-order valence-electron chi connectivity index (χ4n) is 1.55. The smallest absolute Gasteiger partial charge is 0.283 e. The lowest BCUT2D eigenvalue weighted by Gasteiger charge is -2.20. The van der Waals surface area contributed by atoms with Crippen LogP contribution in [0.15, 0.2) is 15.5 Å². The van der Waals surface area contributed by atoms with Crippen molar-refractivity contribution in [3.63, 3.8) is 0 Å². The Bertz CT molecular complexity index is 515. The molecule has 106 valence electrons. The van der Waals surface area contributed by atoms with Gasteiger partial charge in [-0.2, -0.15) is 5.10 Å². The lowest BCUT2D eigenvalue weighted by atomic mass is 10.0. The third-order valence-electron chi connectivity index (χ3n) is 2.58. The molecule has 1 unspecified atom stereocenters. The monoisotopic (exact) mass is 332 g/mol. The minimum absolute atomic E-state index is 0.0238. The lowest BCUT2D eigenvalue weighted by Crippen LogP contribution is -2.40. The quantitative estimate of drug-likeness (QED) is 0.674. The molecule has 1 rings (SSSR count). The number of aliphatic hydroxyl groups is 1. The summed E-state index contributed by atoms with van der Waals surface area (Å²) < 4.78 is 1.38. The summed E-state index contributed by atoms with van der Waals surface area (Å²) in [5, 5.41) is 15.6. The van der Waals surface area contributed by atoms with Crippen molar-refractivity contribution in [3.05, 3.63) is 21.0 Å². The largest absolute Gasteiger partial charge is 0.394 e. The molecule has 0 bridgehead atoms. The molecule has 19 heavy (non-hydrogen) atoms. The molecule has 1 amide bonds. The number of carbonyl (C=O) groups is 1. The van der Waals surface area contributed by atoms with Gasteiger partial charge in [-0.1, -0.05) is 13.8 Å². The SMILES string of the molecule is CC(C)C(Nc1cnn(CCO)c(=O)c1Br)C(N)=O. The number of anilines is 1. The molecule has 0 fully saturated rings. The van der Waals surface area contributed by atoms with Gasteiger partial charge in [-0.25, -0.2) is 4.68 Å². The van der Waals surface area contributed by atoms with E-state index < -0.39 is 11.9 Å². The molecular formula is C11H17BrN4O3. The van der Waals surface area contributed by atoms with Crippen molar-refractivity contribution in [1.29, 1.82) is 0 Å². The molecule has 0 aliphatic rings. The zero-order valence-corrected chi connectivity index (χ0v) is 12.3. The van der Waals surface area contributed by atoms with E-state index in [1.807, 2.05) is 13.8 Å². The number of amides is 1. The highest BCUT2D eigenvalue weighted by molar-refractivity contribution is 9.10. The number of hydrogen-bond acceptors (Lipinski definition) is 5. The first-order valence-corrected chi connectivity index (χ1v) is 6.60. The number of primary amides is 1. The summed E-state index contributed by atoms with van der Waals surface area (Å²) in [5.74, 6) is -0.522. The number of nitrogens with one attached hydrogen (secondary N) is 1. The van der Waals surface area contributed by atoms with Gasteiger partial charge in [-0.3, -0.25) is 9.59 Å². The third-order valence-corrected chi connectivity index (χ3v) is 3.35. The number of rotatable bonds is 6. The van der Waals surface area contributed by atoms with Crippen LogP contribution in [0.1, 0.15) is 13.8 Å². The van der Waals surface area contributed by atoms with Crippen LogP contribution in [0.4, 0.5) is 5.69 Å². The Kier molecular flexibility index (Phi) is 5.49. The summed E-state index contributed by atoms with van der Waals surface area (Å²) in [7, 11) is 0. The molecule has 0 aliphatic carbocycles. The van der Waals surface area contributed by atoms with Crippen LogP contribution in [0, 0.1) is 5.92 Å². The van der Waals surface area contributed by atoms with Gasteiger partial charge in [0.25, 0.3) is 5.56 Å². The maximum absolute atomic E-state index is 11.9. The van der Waals surface area contributed by atoms with E-state index in [1.165, 1.54) is 6.20 Å². The molecule has 8 heteroatoms. The van der Waals surface area contributed by atoms with E-state index in [4.69, 9.17) is 10.8 Å². The molecule has 4 N–H and O–H groups in total. The van der Waals surface area contributed by atoms with Gasteiger partial charge < -0.3 is 16.2 Å². The van der Waals surface area contributed by atoms with Gasteiger partial charge in [0.2, 0.25) is 5.91 Å². The molecule has 0 spiro atoms. The summed E-state index contributed by atoms with van der Waals surface area (Å²) >= 11 is 3.16. The summed E-state index contributed by atoms with van der Waals surface area (Å²) in [6.07, 6.45) is 1.42. The van der Waals surface area contributed by atoms with E-state index in [-0.39, 0.29) is 29.1 Å². The van der Waals surface area contributed by atoms with Crippen LogP contribution in [0.2, 0.25) is 0 Å².